The molecule has 17 heavy (non-hydrogen) atoms. The summed E-state index contributed by atoms with van der Waals surface area (Å²) in [6.07, 6.45) is 3.21. The number of rotatable bonds is 3. The van der Waals surface area contributed by atoms with Crippen molar-refractivity contribution in [1.29, 1.82) is 0 Å². The van der Waals surface area contributed by atoms with Crippen molar-refractivity contribution in [2.24, 2.45) is 0 Å². The van der Waals surface area contributed by atoms with E-state index in [1.807, 2.05) is 73.7 Å². The summed E-state index contributed by atoms with van der Waals surface area (Å²) < 4.78 is 0. The molecule has 0 heterocycles. The quantitative estimate of drug-likeness (QED) is 0.842. The van der Waals surface area contributed by atoms with Gasteiger partial charge in [0.25, 0.3) is 0 Å². The van der Waals surface area contributed by atoms with E-state index in [0.717, 1.165) is 16.7 Å². The summed E-state index contributed by atoms with van der Waals surface area (Å²) in [7, 11) is 0. The Morgan fingerprint density at radius 3 is 2.29 bits per heavy atom. The maximum atomic E-state index is 10.1. The highest BCUT2D eigenvalue weighted by atomic mass is 16.3. The van der Waals surface area contributed by atoms with Gasteiger partial charge in [-0.25, -0.2) is 0 Å². The highest BCUT2D eigenvalue weighted by Crippen LogP contribution is 2.19. The van der Waals surface area contributed by atoms with Gasteiger partial charge in [0.05, 0.1) is 6.10 Å². The van der Waals surface area contributed by atoms with E-state index in [4.69, 9.17) is 0 Å². The Morgan fingerprint density at radius 2 is 1.59 bits per heavy atom. The van der Waals surface area contributed by atoms with Crippen LogP contribution in [0.15, 0.2) is 60.7 Å². The standard InChI is InChI=1S/C16H16O/c1-13-7-5-6-10-15(13)16(17)12-11-14-8-3-2-4-9-14/h2-12,16-17H,1H3/b12-11+. The molecule has 0 saturated carbocycles. The molecular formula is C16H16O. The third-order valence-corrected chi connectivity index (χ3v) is 2.78. The van der Waals surface area contributed by atoms with E-state index in [-0.39, 0.29) is 0 Å². The molecule has 0 aliphatic rings. The highest BCUT2D eigenvalue weighted by molar-refractivity contribution is 5.50. The van der Waals surface area contributed by atoms with Crippen LogP contribution in [0.25, 0.3) is 6.08 Å². The molecule has 2 aromatic carbocycles. The van der Waals surface area contributed by atoms with Crippen LogP contribution >= 0.6 is 0 Å². The number of aliphatic hydroxyl groups excluding tert-OH is 1. The van der Waals surface area contributed by atoms with Gasteiger partial charge in [0, 0.05) is 0 Å². The van der Waals surface area contributed by atoms with Gasteiger partial charge in [-0.2, -0.15) is 0 Å². The van der Waals surface area contributed by atoms with Gasteiger partial charge in [0.2, 0.25) is 0 Å². The molecule has 0 aliphatic heterocycles. The van der Waals surface area contributed by atoms with Crippen molar-refractivity contribution in [2.45, 2.75) is 13.0 Å². The second-order valence-corrected chi connectivity index (χ2v) is 4.07. The Balaban J connectivity index is 2.15. The molecule has 0 radical (unpaired) electrons. The molecule has 0 aliphatic carbocycles. The summed E-state index contributed by atoms with van der Waals surface area (Å²) in [5, 5.41) is 10.1. The molecule has 0 amide bonds. The lowest BCUT2D eigenvalue weighted by atomic mass is 10.0. The molecule has 0 fully saturated rings. The Bertz CT molecular complexity index is 500. The third kappa shape index (κ3) is 3.05. The van der Waals surface area contributed by atoms with E-state index in [1.165, 1.54) is 0 Å². The van der Waals surface area contributed by atoms with Crippen LogP contribution < -0.4 is 0 Å². The fourth-order valence-electron chi connectivity index (χ4n) is 1.79. The van der Waals surface area contributed by atoms with Gasteiger partial charge in [-0.15, -0.1) is 0 Å². The summed E-state index contributed by atoms with van der Waals surface area (Å²) in [4.78, 5) is 0. The van der Waals surface area contributed by atoms with Crippen LogP contribution in [0.1, 0.15) is 22.8 Å². The van der Waals surface area contributed by atoms with Gasteiger partial charge in [-0.1, -0.05) is 66.7 Å². The summed E-state index contributed by atoms with van der Waals surface area (Å²) in [5.74, 6) is 0. The summed E-state index contributed by atoms with van der Waals surface area (Å²) in [6, 6.07) is 17.9. The second kappa shape index (κ2) is 5.46. The van der Waals surface area contributed by atoms with Gasteiger partial charge in [-0.05, 0) is 23.6 Å². The molecule has 86 valence electrons. The van der Waals surface area contributed by atoms with Gasteiger partial charge < -0.3 is 5.11 Å². The van der Waals surface area contributed by atoms with Crippen molar-refractivity contribution >= 4 is 6.08 Å². The van der Waals surface area contributed by atoms with Crippen molar-refractivity contribution < 1.29 is 5.11 Å². The van der Waals surface area contributed by atoms with E-state index in [9.17, 15) is 5.11 Å². The molecule has 0 saturated heterocycles. The molecule has 1 nitrogen and oxygen atoms in total. The number of aryl methyl sites for hydroxylation is 1. The molecule has 0 bridgehead atoms. The highest BCUT2D eigenvalue weighted by Gasteiger charge is 2.05. The van der Waals surface area contributed by atoms with Crippen LogP contribution in [0.4, 0.5) is 0 Å². The number of hydrogen-bond acceptors (Lipinski definition) is 1. The first-order chi connectivity index (χ1) is 8.27. The van der Waals surface area contributed by atoms with Gasteiger partial charge in [-0.3, -0.25) is 0 Å². The average Bonchev–Trinajstić information content (AvgIpc) is 2.38. The van der Waals surface area contributed by atoms with E-state index in [1.54, 1.807) is 0 Å². The van der Waals surface area contributed by atoms with Crippen molar-refractivity contribution in [3.63, 3.8) is 0 Å². The van der Waals surface area contributed by atoms with E-state index in [2.05, 4.69) is 0 Å². The number of benzene rings is 2. The minimum atomic E-state index is -0.545. The predicted molar refractivity (Wildman–Crippen MR) is 71.6 cm³/mol. The molecule has 1 unspecified atom stereocenters. The average molecular weight is 224 g/mol. The monoisotopic (exact) mass is 224 g/mol. The first kappa shape index (κ1) is 11.6. The topological polar surface area (TPSA) is 20.2 Å². The molecular weight excluding hydrogens is 208 g/mol. The van der Waals surface area contributed by atoms with Crippen LogP contribution in [0.5, 0.6) is 0 Å². The summed E-state index contributed by atoms with van der Waals surface area (Å²) >= 11 is 0. The third-order valence-electron chi connectivity index (χ3n) is 2.78. The summed E-state index contributed by atoms with van der Waals surface area (Å²) in [5.41, 5.74) is 3.16. The maximum absolute atomic E-state index is 10.1. The van der Waals surface area contributed by atoms with Crippen LogP contribution in [-0.2, 0) is 0 Å². The first-order valence-electron chi connectivity index (χ1n) is 5.74. The van der Waals surface area contributed by atoms with E-state index in [0.29, 0.717) is 0 Å². The van der Waals surface area contributed by atoms with Gasteiger partial charge in [0.1, 0.15) is 0 Å². The zero-order valence-electron chi connectivity index (χ0n) is 9.88. The lowest BCUT2D eigenvalue weighted by molar-refractivity contribution is 0.229. The van der Waals surface area contributed by atoms with Crippen LogP contribution in [0.2, 0.25) is 0 Å². The fraction of sp³-hybridized carbons (Fsp3) is 0.125. The predicted octanol–water partition coefficient (Wildman–Crippen LogP) is 3.74. The second-order valence-electron chi connectivity index (χ2n) is 4.07. The SMILES string of the molecule is Cc1ccccc1C(O)/C=C/c1ccccc1. The van der Waals surface area contributed by atoms with Crippen molar-refractivity contribution in [3.8, 4) is 0 Å². The zero-order valence-corrected chi connectivity index (χ0v) is 9.88. The van der Waals surface area contributed by atoms with Crippen molar-refractivity contribution in [1.82, 2.24) is 0 Å². The Labute approximate surface area is 102 Å². The Hall–Kier alpha value is -1.86. The molecule has 1 atom stereocenters. The van der Waals surface area contributed by atoms with Gasteiger partial charge in [0.15, 0.2) is 0 Å². The van der Waals surface area contributed by atoms with Crippen LogP contribution in [0, 0.1) is 6.92 Å². The van der Waals surface area contributed by atoms with Crippen molar-refractivity contribution in [2.75, 3.05) is 0 Å². The first-order valence-corrected chi connectivity index (χ1v) is 5.74. The zero-order chi connectivity index (χ0) is 12.1. The number of aliphatic hydroxyl groups is 1. The largest absolute Gasteiger partial charge is 0.384 e. The Kier molecular flexibility index (Phi) is 3.73. The maximum Gasteiger partial charge on any atom is 0.0977 e. The van der Waals surface area contributed by atoms with Crippen LogP contribution in [0.3, 0.4) is 0 Å². The lowest BCUT2D eigenvalue weighted by Crippen LogP contribution is -1.95. The van der Waals surface area contributed by atoms with Gasteiger partial charge >= 0.3 is 0 Å². The summed E-state index contributed by atoms with van der Waals surface area (Å²) in [6.45, 7) is 2.01. The fourth-order valence-corrected chi connectivity index (χ4v) is 1.79. The van der Waals surface area contributed by atoms with E-state index >= 15 is 0 Å². The number of hydrogen-bond donors (Lipinski definition) is 1. The molecule has 0 aromatic heterocycles. The molecule has 1 N–H and O–H groups in total. The minimum Gasteiger partial charge on any atom is -0.384 e. The van der Waals surface area contributed by atoms with Crippen molar-refractivity contribution in [3.05, 3.63) is 77.4 Å². The van der Waals surface area contributed by atoms with Crippen LogP contribution in [-0.4, -0.2) is 5.11 Å². The molecule has 2 aromatic rings. The normalized spacial score (nSPS) is 12.8. The molecule has 2 rings (SSSR count). The minimum absolute atomic E-state index is 0.545. The molecule has 0 spiro atoms. The lowest BCUT2D eigenvalue weighted by Gasteiger charge is -2.09. The van der Waals surface area contributed by atoms with E-state index < -0.39 is 6.10 Å². The smallest absolute Gasteiger partial charge is 0.0977 e. The molecule has 1 heteroatoms. The Morgan fingerprint density at radius 1 is 0.941 bits per heavy atom.